The lowest BCUT2D eigenvalue weighted by atomic mass is 10.3. The zero-order valence-corrected chi connectivity index (χ0v) is 55.8. The van der Waals surface area contributed by atoms with Gasteiger partial charge < -0.3 is 18.3 Å². The van der Waals surface area contributed by atoms with Crippen molar-refractivity contribution in [2.24, 2.45) is 28.2 Å². The molecule has 0 saturated carbocycles. The predicted octanol–water partition coefficient (Wildman–Crippen LogP) is 8.61. The van der Waals surface area contributed by atoms with E-state index in [9.17, 15) is 19.2 Å². The summed E-state index contributed by atoms with van der Waals surface area (Å²) in [6.45, 7) is 17.6. The lowest BCUT2D eigenvalue weighted by molar-refractivity contribution is 0.810. The summed E-state index contributed by atoms with van der Waals surface area (Å²) in [7, 11) is 6.73. The molecule has 0 aliphatic heterocycles. The van der Waals surface area contributed by atoms with Crippen LogP contribution in [0.25, 0.3) is 0 Å². The summed E-state index contributed by atoms with van der Waals surface area (Å²) in [4.78, 5) is 95.3. The molecular weight excluding hydrogens is 1200 g/mol. The van der Waals surface area contributed by atoms with Crippen molar-refractivity contribution in [3.63, 3.8) is 0 Å². The molecule has 26 nitrogen and oxygen atoms in total. The van der Waals surface area contributed by atoms with Crippen molar-refractivity contribution >= 4 is 0 Å². The van der Waals surface area contributed by atoms with E-state index in [2.05, 4.69) is 90.2 Å². The molecular formula is C69H82N22O4. The first-order valence-electron chi connectivity index (χ1n) is 28.8. The number of hydrogen-bond acceptors (Lipinski definition) is 22. The van der Waals surface area contributed by atoms with E-state index in [1.165, 1.54) is 79.1 Å². The van der Waals surface area contributed by atoms with E-state index in [1.807, 2.05) is 141 Å². The van der Waals surface area contributed by atoms with Crippen molar-refractivity contribution in [3.05, 3.63) is 357 Å². The molecule has 0 unspecified atom stereocenters. The topological polar surface area (TPSA) is 320 Å². The van der Waals surface area contributed by atoms with Crippen LogP contribution in [0.3, 0.4) is 0 Å². The van der Waals surface area contributed by atoms with Crippen LogP contribution in [0.2, 0.25) is 0 Å². The summed E-state index contributed by atoms with van der Waals surface area (Å²) in [5, 5.41) is 14.6. The average Bonchev–Trinajstić information content (AvgIpc) is 3.80. The molecule has 0 aliphatic carbocycles. The Morgan fingerprint density at radius 3 is 1.17 bits per heavy atom. The van der Waals surface area contributed by atoms with Crippen molar-refractivity contribution in [1.82, 2.24) is 108 Å². The largest absolute Gasteiger partial charge is 0.347 e. The third-order valence-corrected chi connectivity index (χ3v) is 10.4. The number of rotatable bonds is 0. The Bertz CT molecular complexity index is 3400. The van der Waals surface area contributed by atoms with Gasteiger partial charge in [-0.25, -0.2) is 44.7 Å². The molecule has 0 aromatic carbocycles. The van der Waals surface area contributed by atoms with Crippen LogP contribution in [-0.2, 0) is 28.2 Å². The fourth-order valence-electron chi connectivity index (χ4n) is 5.30. The van der Waals surface area contributed by atoms with Crippen molar-refractivity contribution in [2.75, 3.05) is 0 Å². The molecule has 0 radical (unpaired) electrons. The SMILES string of the molecule is Cc1ccccn1.Cc1cccnc1.Cc1cccnn1.Cc1ccncc1.Cc1ccncn1.Cc1ccnnc1.Cc1cnccn1.Cc1cncnc1.Cc1ncccn1.Cn1ccccc1=O.Cn1cccnc1=O.Cn1ccncc1=O.Cn1cnccc1=O. The predicted molar refractivity (Wildman–Crippen MR) is 368 cm³/mol. The van der Waals surface area contributed by atoms with Gasteiger partial charge in [0.05, 0.1) is 30.1 Å². The minimum atomic E-state index is -0.215. The van der Waals surface area contributed by atoms with E-state index in [1.54, 1.807) is 164 Å². The van der Waals surface area contributed by atoms with E-state index in [0.29, 0.717) is 0 Å². The molecule has 13 aromatic heterocycles. The maximum absolute atomic E-state index is 10.6. The molecule has 13 rings (SSSR count). The molecule has 0 atom stereocenters. The first kappa shape index (κ1) is 80.5. The number of nitrogens with zero attached hydrogens (tertiary/aromatic N) is 22. The molecule has 492 valence electrons. The van der Waals surface area contributed by atoms with Gasteiger partial charge in [0.15, 0.2) is 0 Å². The lowest BCUT2D eigenvalue weighted by Crippen LogP contribution is -2.17. The number of pyridine rings is 4. The Hall–Kier alpha value is -12.5. The fraction of sp³-hybridized carbons (Fsp3) is 0.188. The molecule has 0 aliphatic rings. The van der Waals surface area contributed by atoms with Crippen LogP contribution in [0.1, 0.15) is 50.9 Å². The van der Waals surface area contributed by atoms with Crippen LogP contribution in [0, 0.1) is 62.3 Å². The Kier molecular flexibility index (Phi) is 45.2. The van der Waals surface area contributed by atoms with Gasteiger partial charge in [0.25, 0.3) is 11.1 Å². The summed E-state index contributed by atoms with van der Waals surface area (Å²) < 4.78 is 5.83. The van der Waals surface area contributed by atoms with Gasteiger partial charge in [0, 0.05) is 182 Å². The highest BCUT2D eigenvalue weighted by Gasteiger charge is 1.85. The highest BCUT2D eigenvalue weighted by molar-refractivity contribution is 5.06. The van der Waals surface area contributed by atoms with Crippen molar-refractivity contribution in [3.8, 4) is 0 Å². The summed E-state index contributed by atoms with van der Waals surface area (Å²) in [6, 6.07) is 31.3. The maximum Gasteiger partial charge on any atom is 0.347 e. The molecule has 0 spiro atoms. The second-order valence-corrected chi connectivity index (χ2v) is 18.9. The van der Waals surface area contributed by atoms with Gasteiger partial charge in [-0.3, -0.25) is 44.3 Å². The molecule has 0 amide bonds. The Morgan fingerprint density at radius 1 is 0.274 bits per heavy atom. The van der Waals surface area contributed by atoms with Gasteiger partial charge in [-0.05, 0) is 157 Å². The van der Waals surface area contributed by atoms with Gasteiger partial charge in [0.1, 0.15) is 18.5 Å². The van der Waals surface area contributed by atoms with E-state index in [-0.39, 0.29) is 22.4 Å². The van der Waals surface area contributed by atoms with Crippen LogP contribution >= 0.6 is 0 Å². The number of hydrogen-bond donors (Lipinski definition) is 0. The van der Waals surface area contributed by atoms with Crippen LogP contribution in [0.4, 0.5) is 0 Å². The lowest BCUT2D eigenvalue weighted by Gasteiger charge is -1.89. The zero-order chi connectivity index (χ0) is 69.9. The van der Waals surface area contributed by atoms with Crippen LogP contribution < -0.4 is 22.4 Å². The molecule has 13 heterocycles. The Labute approximate surface area is 553 Å². The minimum absolute atomic E-state index is 0.0278. The second kappa shape index (κ2) is 53.4. The summed E-state index contributed by atoms with van der Waals surface area (Å²) in [6.07, 6.45) is 43.1. The monoisotopic (exact) mass is 1280 g/mol. The first-order chi connectivity index (χ1) is 45.8. The van der Waals surface area contributed by atoms with Crippen molar-refractivity contribution in [1.29, 1.82) is 0 Å². The maximum atomic E-state index is 10.6. The van der Waals surface area contributed by atoms with Gasteiger partial charge in [-0.2, -0.15) is 20.4 Å². The van der Waals surface area contributed by atoms with Crippen molar-refractivity contribution in [2.45, 2.75) is 62.3 Å². The van der Waals surface area contributed by atoms with Gasteiger partial charge in [-0.1, -0.05) is 18.2 Å². The number of aromatic nitrogens is 22. The van der Waals surface area contributed by atoms with E-state index < -0.39 is 0 Å². The smallest absolute Gasteiger partial charge is 0.319 e. The highest BCUT2D eigenvalue weighted by atomic mass is 16.1. The average molecular weight is 1280 g/mol. The quantitative estimate of drug-likeness (QED) is 0.137. The normalized spacial score (nSPS) is 8.85. The number of aryl methyl sites for hydroxylation is 13. The molecule has 95 heavy (non-hydrogen) atoms. The minimum Gasteiger partial charge on any atom is -0.319 e. The molecule has 13 aromatic rings. The van der Waals surface area contributed by atoms with Gasteiger partial charge in [-0.15, -0.1) is 0 Å². The molecule has 0 saturated heterocycles. The zero-order valence-electron chi connectivity index (χ0n) is 55.8. The second-order valence-electron chi connectivity index (χ2n) is 18.9. The van der Waals surface area contributed by atoms with E-state index >= 15 is 0 Å². The fourth-order valence-corrected chi connectivity index (χ4v) is 5.30. The van der Waals surface area contributed by atoms with Gasteiger partial charge in [0.2, 0.25) is 5.56 Å². The Balaban J connectivity index is 0.000000515. The van der Waals surface area contributed by atoms with Crippen LogP contribution in [0.5, 0.6) is 0 Å². The Morgan fingerprint density at radius 2 is 0.853 bits per heavy atom. The molecule has 0 N–H and O–H groups in total. The highest BCUT2D eigenvalue weighted by Crippen LogP contribution is 1.91. The standard InChI is InChI=1S/C6H7NO.3C6H7N.3C5H6N2O.6C5H6N2/c1-7-5-3-2-4-6(7)8;1-6-2-4-7-5-3-6;1-6-3-2-4-7-5-6;1-6-4-2-3-5-7-6;1-7-3-2-6-4-5(7)8;1-7-4-6-3-2-5(7)8;1-7-4-2-3-6-5(7)8;1-5-2-6-4-7-3-5;1-5-4-6-2-3-7-5;1-5-2-3-6-4-7-5;1-5-2-3-6-7-4-5;1-5-6-3-2-4-7-5;1-5-3-2-4-6-7-5/h2-5H,1H3;3*2-5H,1H3;3*2-4H,1H3;6*2-4H,1H3. The molecule has 0 fully saturated rings. The van der Waals surface area contributed by atoms with E-state index in [0.717, 1.165) is 39.7 Å². The summed E-state index contributed by atoms with van der Waals surface area (Å²) in [5.41, 5.74) is 8.44. The third kappa shape index (κ3) is 48.1. The van der Waals surface area contributed by atoms with Crippen molar-refractivity contribution < 1.29 is 0 Å². The summed E-state index contributed by atoms with van der Waals surface area (Å²) in [5.74, 6) is 0.822. The molecule has 0 bridgehead atoms. The van der Waals surface area contributed by atoms with Crippen LogP contribution in [-0.4, -0.2) is 108 Å². The molecule has 26 heteroatoms. The first-order valence-corrected chi connectivity index (χ1v) is 28.8. The third-order valence-electron chi connectivity index (χ3n) is 10.4. The van der Waals surface area contributed by atoms with Gasteiger partial charge >= 0.3 is 5.69 Å². The summed E-state index contributed by atoms with van der Waals surface area (Å²) >= 11 is 0. The van der Waals surface area contributed by atoms with E-state index in [4.69, 9.17) is 0 Å². The van der Waals surface area contributed by atoms with Crippen LogP contribution in [0.15, 0.2) is 284 Å².